The van der Waals surface area contributed by atoms with Crippen LogP contribution >= 0.6 is 0 Å². The molecule has 0 radical (unpaired) electrons. The average Bonchev–Trinajstić information content (AvgIpc) is 2.32. The van der Waals surface area contributed by atoms with Crippen molar-refractivity contribution in [2.24, 2.45) is 5.73 Å². The van der Waals surface area contributed by atoms with Gasteiger partial charge in [0, 0.05) is 39.1 Å². The second-order valence-electron chi connectivity index (χ2n) is 3.19. The lowest BCUT2D eigenvalue weighted by atomic mass is 10.4. The van der Waals surface area contributed by atoms with Gasteiger partial charge in [0.05, 0.1) is 0 Å². The number of nitrogens with one attached hydrogen (secondary N) is 2. The molecular weight excluding hydrogens is 208 g/mol. The smallest absolute Gasteiger partial charge is 0.317 e. The highest BCUT2D eigenvalue weighted by Gasteiger charge is 2.14. The summed E-state index contributed by atoms with van der Waals surface area (Å²) in [5.41, 5.74) is 4.94. The van der Waals surface area contributed by atoms with E-state index in [1.54, 1.807) is 4.90 Å². The van der Waals surface area contributed by atoms with Crippen molar-refractivity contribution < 1.29 is 9.59 Å². The number of hydrogen-bond donors (Lipinski definition) is 3. The summed E-state index contributed by atoms with van der Waals surface area (Å²) in [5, 5.41) is 5.79. The van der Waals surface area contributed by atoms with Crippen LogP contribution in [0.15, 0.2) is 0 Å². The van der Waals surface area contributed by atoms with Gasteiger partial charge in [-0.05, 0) is 0 Å². The summed E-state index contributed by atoms with van der Waals surface area (Å²) in [6, 6.07) is -0.118. The number of nitrogens with two attached hydrogens (primary N) is 1. The Kier molecular flexibility index (Phi) is 8.24. The first-order valence-electron chi connectivity index (χ1n) is 5.72. The summed E-state index contributed by atoms with van der Waals surface area (Å²) in [6.07, 6.45) is 0.192. The molecule has 0 aromatic carbocycles. The maximum atomic E-state index is 11.4. The molecule has 0 aromatic heterocycles. The molecule has 0 saturated carbocycles. The summed E-state index contributed by atoms with van der Waals surface area (Å²) >= 11 is 0. The fraction of sp³-hybridized carbons (Fsp3) is 0.800. The number of nitrogens with zero attached hydrogens (tertiary/aromatic N) is 1. The van der Waals surface area contributed by atoms with Crippen molar-refractivity contribution in [1.82, 2.24) is 15.5 Å². The Bertz CT molecular complexity index is 215. The minimum atomic E-state index is -0.398. The van der Waals surface area contributed by atoms with Gasteiger partial charge in [0.15, 0.2) is 0 Å². The molecule has 0 bridgehead atoms. The van der Waals surface area contributed by atoms with E-state index in [9.17, 15) is 9.59 Å². The van der Waals surface area contributed by atoms with Crippen molar-refractivity contribution in [2.75, 3.05) is 32.7 Å². The monoisotopic (exact) mass is 230 g/mol. The largest absolute Gasteiger partial charge is 0.370 e. The first kappa shape index (κ1) is 14.7. The van der Waals surface area contributed by atoms with Gasteiger partial charge >= 0.3 is 6.03 Å². The summed E-state index contributed by atoms with van der Waals surface area (Å²) in [4.78, 5) is 23.5. The topological polar surface area (TPSA) is 87.5 Å². The molecule has 0 unspecified atom stereocenters. The van der Waals surface area contributed by atoms with Gasteiger partial charge in [0.1, 0.15) is 0 Å². The minimum absolute atomic E-state index is 0.118. The second kappa shape index (κ2) is 8.96. The van der Waals surface area contributed by atoms with Crippen LogP contribution in [0, 0.1) is 0 Å². The number of primary amides is 1. The van der Waals surface area contributed by atoms with E-state index in [2.05, 4.69) is 10.6 Å². The Hall–Kier alpha value is -1.30. The standard InChI is InChI=1S/C8H16N4O2.C2H6/c9-7(13)1-2-11-8(14)12-5-3-10-4-6-12;1-2/h10H,1-6H2,(H2,9,13)(H,11,14);1-2H3. The zero-order chi connectivity index (χ0) is 12.4. The van der Waals surface area contributed by atoms with E-state index < -0.39 is 5.91 Å². The zero-order valence-corrected chi connectivity index (χ0v) is 10.1. The third-order valence-corrected chi connectivity index (χ3v) is 2.05. The van der Waals surface area contributed by atoms with E-state index in [1.165, 1.54) is 0 Å². The number of urea groups is 1. The highest BCUT2D eigenvalue weighted by atomic mass is 16.2. The van der Waals surface area contributed by atoms with Gasteiger partial charge in [-0.3, -0.25) is 4.79 Å². The number of carbonyl (C=O) groups is 2. The molecule has 1 saturated heterocycles. The van der Waals surface area contributed by atoms with Crippen LogP contribution in [0.25, 0.3) is 0 Å². The van der Waals surface area contributed by atoms with Crippen molar-refractivity contribution in [2.45, 2.75) is 20.3 Å². The fourth-order valence-corrected chi connectivity index (χ4v) is 1.27. The van der Waals surface area contributed by atoms with Crippen molar-refractivity contribution in [3.63, 3.8) is 0 Å². The Morgan fingerprint density at radius 1 is 1.31 bits per heavy atom. The lowest BCUT2D eigenvalue weighted by Crippen LogP contribution is -2.50. The third kappa shape index (κ3) is 6.23. The van der Waals surface area contributed by atoms with Crippen LogP contribution in [0.5, 0.6) is 0 Å². The SMILES string of the molecule is CC.NC(=O)CCNC(=O)N1CCNCC1. The Labute approximate surface area is 96.5 Å². The van der Waals surface area contributed by atoms with E-state index >= 15 is 0 Å². The van der Waals surface area contributed by atoms with Crippen LogP contribution < -0.4 is 16.4 Å². The highest BCUT2D eigenvalue weighted by Crippen LogP contribution is 1.92. The summed E-state index contributed by atoms with van der Waals surface area (Å²) in [6.45, 7) is 7.38. The number of carbonyl (C=O) groups excluding carboxylic acids is 2. The van der Waals surface area contributed by atoms with Crippen LogP contribution in [0.2, 0.25) is 0 Å². The minimum Gasteiger partial charge on any atom is -0.370 e. The molecule has 0 aromatic rings. The zero-order valence-electron chi connectivity index (χ0n) is 10.1. The van der Waals surface area contributed by atoms with Gasteiger partial charge in [-0.15, -0.1) is 0 Å². The van der Waals surface area contributed by atoms with Gasteiger partial charge < -0.3 is 21.3 Å². The van der Waals surface area contributed by atoms with Crippen molar-refractivity contribution in [3.05, 3.63) is 0 Å². The van der Waals surface area contributed by atoms with Crippen LogP contribution in [-0.4, -0.2) is 49.6 Å². The van der Waals surface area contributed by atoms with Gasteiger partial charge in [-0.2, -0.15) is 0 Å². The Balaban J connectivity index is 0.00000106. The van der Waals surface area contributed by atoms with Gasteiger partial charge in [-0.1, -0.05) is 13.8 Å². The predicted molar refractivity (Wildman–Crippen MR) is 63.0 cm³/mol. The van der Waals surface area contributed by atoms with Crippen LogP contribution in [0.1, 0.15) is 20.3 Å². The molecular formula is C10H22N4O2. The molecule has 1 fully saturated rings. The molecule has 16 heavy (non-hydrogen) atoms. The van der Waals surface area contributed by atoms with Gasteiger partial charge in [0.2, 0.25) is 5.91 Å². The Morgan fingerprint density at radius 2 is 1.88 bits per heavy atom. The molecule has 1 aliphatic heterocycles. The first-order chi connectivity index (χ1) is 7.70. The van der Waals surface area contributed by atoms with Crippen molar-refractivity contribution >= 4 is 11.9 Å². The Morgan fingerprint density at radius 3 is 2.38 bits per heavy atom. The van der Waals surface area contributed by atoms with E-state index in [4.69, 9.17) is 5.73 Å². The fourth-order valence-electron chi connectivity index (χ4n) is 1.27. The molecule has 1 rings (SSSR count). The number of rotatable bonds is 3. The first-order valence-corrected chi connectivity index (χ1v) is 5.72. The lowest BCUT2D eigenvalue weighted by Gasteiger charge is -2.27. The molecule has 0 aliphatic carbocycles. The number of piperazine rings is 1. The van der Waals surface area contributed by atoms with Gasteiger partial charge in [-0.25, -0.2) is 4.79 Å². The van der Waals surface area contributed by atoms with E-state index in [1.807, 2.05) is 13.8 Å². The average molecular weight is 230 g/mol. The lowest BCUT2D eigenvalue weighted by molar-refractivity contribution is -0.117. The van der Waals surface area contributed by atoms with E-state index in [0.29, 0.717) is 19.6 Å². The van der Waals surface area contributed by atoms with Crippen LogP contribution in [0.3, 0.4) is 0 Å². The molecule has 0 spiro atoms. The van der Waals surface area contributed by atoms with E-state index in [0.717, 1.165) is 13.1 Å². The second-order valence-corrected chi connectivity index (χ2v) is 3.19. The van der Waals surface area contributed by atoms with E-state index in [-0.39, 0.29) is 12.5 Å². The highest BCUT2D eigenvalue weighted by molar-refractivity contribution is 5.77. The number of hydrogen-bond acceptors (Lipinski definition) is 3. The third-order valence-electron chi connectivity index (χ3n) is 2.05. The summed E-state index contributed by atoms with van der Waals surface area (Å²) in [7, 11) is 0. The van der Waals surface area contributed by atoms with Crippen molar-refractivity contribution in [3.8, 4) is 0 Å². The van der Waals surface area contributed by atoms with Crippen molar-refractivity contribution in [1.29, 1.82) is 0 Å². The molecule has 0 atom stereocenters. The normalized spacial score (nSPS) is 14.8. The maximum absolute atomic E-state index is 11.4. The van der Waals surface area contributed by atoms with Crippen LogP contribution in [-0.2, 0) is 4.79 Å². The molecule has 94 valence electrons. The summed E-state index contributed by atoms with van der Waals surface area (Å²) in [5.74, 6) is -0.398. The molecule has 1 heterocycles. The molecule has 3 amide bonds. The molecule has 6 nitrogen and oxygen atoms in total. The van der Waals surface area contributed by atoms with Gasteiger partial charge in [0.25, 0.3) is 0 Å². The number of amides is 3. The molecule has 6 heteroatoms. The summed E-state index contributed by atoms with van der Waals surface area (Å²) < 4.78 is 0. The quantitative estimate of drug-likeness (QED) is 0.611. The molecule has 1 aliphatic rings. The van der Waals surface area contributed by atoms with Crippen LogP contribution in [0.4, 0.5) is 4.79 Å². The predicted octanol–water partition coefficient (Wildman–Crippen LogP) is -0.497. The molecule has 4 N–H and O–H groups in total. The maximum Gasteiger partial charge on any atom is 0.317 e.